The van der Waals surface area contributed by atoms with Crippen LogP contribution in [0, 0.1) is 5.82 Å². The highest BCUT2D eigenvalue weighted by Gasteiger charge is 2.35. The minimum atomic E-state index is -0.249. The van der Waals surface area contributed by atoms with E-state index in [1.54, 1.807) is 0 Å². The Kier molecular flexibility index (Phi) is 7.23. The molecule has 5 nitrogen and oxygen atoms in total. The van der Waals surface area contributed by atoms with Gasteiger partial charge >= 0.3 is 0 Å². The van der Waals surface area contributed by atoms with Gasteiger partial charge in [-0.2, -0.15) is 0 Å². The van der Waals surface area contributed by atoms with Crippen molar-refractivity contribution in [1.82, 2.24) is 10.2 Å². The Morgan fingerprint density at radius 3 is 2.28 bits per heavy atom. The first kappa shape index (κ1) is 22.9. The Bertz CT molecular complexity index is 884. The Morgan fingerprint density at radius 2 is 1.66 bits per heavy atom. The van der Waals surface area contributed by atoms with Gasteiger partial charge in [0.15, 0.2) is 0 Å². The normalized spacial score (nSPS) is 23.6. The summed E-state index contributed by atoms with van der Waals surface area (Å²) in [6, 6.07) is 14.5. The van der Waals surface area contributed by atoms with Gasteiger partial charge < -0.3 is 14.8 Å². The van der Waals surface area contributed by atoms with Crippen molar-refractivity contribution in [1.29, 1.82) is 0 Å². The molecule has 2 heterocycles. The van der Waals surface area contributed by atoms with Crippen LogP contribution in [0.4, 0.5) is 4.39 Å². The largest absolute Gasteiger partial charge is 0.381 e. The van der Waals surface area contributed by atoms with Crippen LogP contribution < -0.4 is 5.32 Å². The molecule has 0 radical (unpaired) electrons. The van der Waals surface area contributed by atoms with Crippen molar-refractivity contribution in [2.75, 3.05) is 32.8 Å². The third kappa shape index (κ3) is 5.55. The molecule has 2 saturated heterocycles. The van der Waals surface area contributed by atoms with Gasteiger partial charge in [-0.05, 0) is 62.1 Å². The highest BCUT2D eigenvalue weighted by atomic mass is 19.1. The maximum Gasteiger partial charge on any atom is 0.251 e. The third-order valence-electron chi connectivity index (χ3n) is 6.61. The van der Waals surface area contributed by atoms with E-state index in [0.717, 1.165) is 38.0 Å². The van der Waals surface area contributed by atoms with Crippen LogP contribution in [0.3, 0.4) is 0 Å². The number of carbonyl (C=O) groups is 1. The standard InChI is InChI=1S/C26H33FN2O3/c1-19-15-29(16-20(2)32-19)17-21-3-5-22(6-4-21)25(30)28-18-26(11-13-31-14-12-26)23-7-9-24(27)10-8-23/h3-10,19-20H,11-18H2,1-2H3,(H,28,30). The lowest BCUT2D eigenvalue weighted by molar-refractivity contribution is -0.0704. The smallest absolute Gasteiger partial charge is 0.251 e. The van der Waals surface area contributed by atoms with Gasteiger partial charge in [-0.3, -0.25) is 9.69 Å². The number of nitrogens with one attached hydrogen (secondary N) is 1. The molecule has 6 heteroatoms. The molecular weight excluding hydrogens is 407 g/mol. The lowest BCUT2D eigenvalue weighted by Crippen LogP contribution is -2.45. The highest BCUT2D eigenvalue weighted by Crippen LogP contribution is 2.34. The number of benzene rings is 2. The second kappa shape index (κ2) is 10.1. The molecule has 2 fully saturated rings. The van der Waals surface area contributed by atoms with Crippen molar-refractivity contribution >= 4 is 5.91 Å². The third-order valence-corrected chi connectivity index (χ3v) is 6.61. The second-order valence-electron chi connectivity index (χ2n) is 9.23. The molecule has 2 aromatic carbocycles. The summed E-state index contributed by atoms with van der Waals surface area (Å²) in [6.45, 7) is 8.69. The molecular formula is C26H33FN2O3. The van der Waals surface area contributed by atoms with E-state index < -0.39 is 0 Å². The number of rotatable bonds is 6. The molecule has 4 rings (SSSR count). The molecule has 0 spiro atoms. The first-order chi connectivity index (χ1) is 15.4. The van der Waals surface area contributed by atoms with Crippen LogP contribution in [-0.2, 0) is 21.4 Å². The molecule has 2 aliphatic heterocycles. The minimum absolute atomic E-state index is 0.0851. The molecule has 1 amide bonds. The fraction of sp³-hybridized carbons (Fsp3) is 0.500. The van der Waals surface area contributed by atoms with Crippen molar-refractivity contribution in [2.24, 2.45) is 0 Å². The lowest BCUT2D eigenvalue weighted by Gasteiger charge is -2.38. The van der Waals surface area contributed by atoms with E-state index in [-0.39, 0.29) is 29.3 Å². The number of hydrogen-bond donors (Lipinski definition) is 1. The van der Waals surface area contributed by atoms with Crippen molar-refractivity contribution in [3.05, 3.63) is 71.0 Å². The van der Waals surface area contributed by atoms with Gasteiger partial charge in [-0.15, -0.1) is 0 Å². The zero-order chi connectivity index (χ0) is 22.6. The van der Waals surface area contributed by atoms with Crippen LogP contribution in [0.25, 0.3) is 0 Å². The summed E-state index contributed by atoms with van der Waals surface area (Å²) in [5.74, 6) is -0.334. The molecule has 0 aromatic heterocycles. The predicted molar refractivity (Wildman–Crippen MR) is 122 cm³/mol. The summed E-state index contributed by atoms with van der Waals surface area (Å²) in [5.41, 5.74) is 2.66. The molecule has 0 aliphatic carbocycles. The Morgan fingerprint density at radius 1 is 1.03 bits per heavy atom. The predicted octanol–water partition coefficient (Wildman–Crippen LogP) is 3.91. The average molecular weight is 441 g/mol. The summed E-state index contributed by atoms with van der Waals surface area (Å²) >= 11 is 0. The summed E-state index contributed by atoms with van der Waals surface area (Å²) in [6.07, 6.45) is 2.08. The minimum Gasteiger partial charge on any atom is -0.381 e. The van der Waals surface area contributed by atoms with Crippen molar-refractivity contribution in [3.8, 4) is 0 Å². The maximum absolute atomic E-state index is 13.4. The molecule has 0 bridgehead atoms. The number of nitrogens with zero attached hydrogens (tertiary/aromatic N) is 1. The number of carbonyl (C=O) groups excluding carboxylic acids is 1. The van der Waals surface area contributed by atoms with Gasteiger partial charge in [0.1, 0.15) is 5.82 Å². The highest BCUT2D eigenvalue weighted by molar-refractivity contribution is 5.94. The molecule has 2 unspecified atom stereocenters. The van der Waals surface area contributed by atoms with E-state index >= 15 is 0 Å². The van der Waals surface area contributed by atoms with Gasteiger partial charge in [0.2, 0.25) is 0 Å². The number of ether oxygens (including phenoxy) is 2. The van der Waals surface area contributed by atoms with E-state index in [2.05, 4.69) is 24.1 Å². The van der Waals surface area contributed by atoms with Crippen LogP contribution in [-0.4, -0.2) is 55.9 Å². The van der Waals surface area contributed by atoms with Crippen molar-refractivity contribution < 1.29 is 18.7 Å². The molecule has 172 valence electrons. The topological polar surface area (TPSA) is 50.8 Å². The number of amides is 1. The molecule has 0 saturated carbocycles. The monoisotopic (exact) mass is 440 g/mol. The maximum atomic E-state index is 13.4. The Hall–Kier alpha value is -2.28. The van der Waals surface area contributed by atoms with Crippen LogP contribution in [0.5, 0.6) is 0 Å². The number of hydrogen-bond acceptors (Lipinski definition) is 4. The van der Waals surface area contributed by atoms with Crippen LogP contribution in [0.15, 0.2) is 48.5 Å². The summed E-state index contributed by atoms with van der Waals surface area (Å²) < 4.78 is 24.8. The van der Waals surface area contributed by atoms with Crippen molar-refractivity contribution in [2.45, 2.75) is 50.9 Å². The van der Waals surface area contributed by atoms with Crippen molar-refractivity contribution in [3.63, 3.8) is 0 Å². The van der Waals surface area contributed by atoms with E-state index in [9.17, 15) is 9.18 Å². The molecule has 2 aliphatic rings. The zero-order valence-electron chi connectivity index (χ0n) is 19.0. The van der Waals surface area contributed by atoms with E-state index in [4.69, 9.17) is 9.47 Å². The molecule has 2 atom stereocenters. The zero-order valence-corrected chi connectivity index (χ0v) is 19.0. The Balaban J connectivity index is 1.38. The van der Waals surface area contributed by atoms with Crippen LogP contribution in [0.1, 0.15) is 48.2 Å². The van der Waals surface area contributed by atoms with Gasteiger partial charge in [-0.1, -0.05) is 24.3 Å². The summed E-state index contributed by atoms with van der Waals surface area (Å²) in [5, 5.41) is 3.12. The van der Waals surface area contributed by atoms with Crippen LogP contribution >= 0.6 is 0 Å². The Labute approximate surface area is 189 Å². The second-order valence-corrected chi connectivity index (χ2v) is 9.23. The lowest BCUT2D eigenvalue weighted by atomic mass is 9.74. The van der Waals surface area contributed by atoms with Gasteiger partial charge in [-0.25, -0.2) is 4.39 Å². The SMILES string of the molecule is CC1CN(Cc2ccc(C(=O)NCC3(c4ccc(F)cc4)CCOCC3)cc2)CC(C)O1. The molecule has 32 heavy (non-hydrogen) atoms. The fourth-order valence-corrected chi connectivity index (χ4v) is 4.92. The van der Waals surface area contributed by atoms with Gasteiger partial charge in [0.05, 0.1) is 12.2 Å². The summed E-state index contributed by atoms with van der Waals surface area (Å²) in [7, 11) is 0. The fourth-order valence-electron chi connectivity index (χ4n) is 4.92. The summed E-state index contributed by atoms with van der Waals surface area (Å²) in [4.78, 5) is 15.3. The average Bonchev–Trinajstić information content (AvgIpc) is 2.78. The first-order valence-corrected chi connectivity index (χ1v) is 11.5. The molecule has 1 N–H and O–H groups in total. The van der Waals surface area contributed by atoms with Gasteiger partial charge in [0.25, 0.3) is 5.91 Å². The van der Waals surface area contributed by atoms with Gasteiger partial charge in [0, 0.05) is 50.4 Å². The van der Waals surface area contributed by atoms with E-state index in [1.165, 1.54) is 17.7 Å². The molecule has 2 aromatic rings. The first-order valence-electron chi connectivity index (χ1n) is 11.5. The number of morpholine rings is 1. The quantitative estimate of drug-likeness (QED) is 0.740. The van der Waals surface area contributed by atoms with Crippen LogP contribution in [0.2, 0.25) is 0 Å². The van der Waals surface area contributed by atoms with E-state index in [0.29, 0.717) is 25.3 Å². The van der Waals surface area contributed by atoms with E-state index in [1.807, 2.05) is 36.4 Å². The number of halogens is 1.